The summed E-state index contributed by atoms with van der Waals surface area (Å²) < 4.78 is 2.12. The molecule has 0 fully saturated rings. The van der Waals surface area contributed by atoms with Crippen LogP contribution < -0.4 is 5.32 Å². The summed E-state index contributed by atoms with van der Waals surface area (Å²) in [5, 5.41) is 3.67. The molecular formula is C18H27N3. The molecule has 0 bridgehead atoms. The fourth-order valence-electron chi connectivity index (χ4n) is 2.64. The van der Waals surface area contributed by atoms with Crippen LogP contribution in [0.5, 0.6) is 0 Å². The predicted molar refractivity (Wildman–Crippen MR) is 88.4 cm³/mol. The van der Waals surface area contributed by atoms with E-state index in [-0.39, 0.29) is 0 Å². The van der Waals surface area contributed by atoms with E-state index in [0.717, 1.165) is 19.4 Å². The van der Waals surface area contributed by atoms with Crippen LogP contribution in [0.3, 0.4) is 0 Å². The quantitative estimate of drug-likeness (QED) is 0.765. The van der Waals surface area contributed by atoms with Gasteiger partial charge in [-0.15, -0.1) is 0 Å². The molecule has 0 aliphatic rings. The average Bonchev–Trinajstić information content (AvgIpc) is 2.91. The predicted octanol–water partition coefficient (Wildman–Crippen LogP) is 3.35. The molecular weight excluding hydrogens is 258 g/mol. The Kier molecular flexibility index (Phi) is 6.48. The van der Waals surface area contributed by atoms with E-state index in [1.807, 2.05) is 12.4 Å². The molecule has 0 aliphatic carbocycles. The molecule has 3 heteroatoms. The van der Waals surface area contributed by atoms with Gasteiger partial charge in [-0.25, -0.2) is 4.98 Å². The second-order valence-corrected chi connectivity index (χ2v) is 5.69. The normalized spacial score (nSPS) is 12.5. The Hall–Kier alpha value is -1.61. The van der Waals surface area contributed by atoms with Crippen LogP contribution in [0, 0.1) is 0 Å². The lowest BCUT2D eigenvalue weighted by molar-refractivity contribution is 0.453. The Labute approximate surface area is 128 Å². The summed E-state index contributed by atoms with van der Waals surface area (Å²) in [6, 6.07) is 11.3. The molecule has 1 N–H and O–H groups in total. The van der Waals surface area contributed by atoms with Crippen molar-refractivity contribution in [1.29, 1.82) is 0 Å². The second-order valence-electron chi connectivity index (χ2n) is 5.69. The standard InChI is InChI=1S/C18H27N3/c1-3-12-19-17(15-18-20-13-14-21(18)2)11-7-10-16-8-5-4-6-9-16/h4-6,8-9,13-14,17,19H,3,7,10-12,15H2,1-2H3. The van der Waals surface area contributed by atoms with E-state index in [1.54, 1.807) is 0 Å². The van der Waals surface area contributed by atoms with Gasteiger partial charge in [-0.3, -0.25) is 0 Å². The zero-order chi connectivity index (χ0) is 14.9. The number of hydrogen-bond acceptors (Lipinski definition) is 2. The van der Waals surface area contributed by atoms with Crippen molar-refractivity contribution in [1.82, 2.24) is 14.9 Å². The molecule has 1 unspecified atom stereocenters. The fraction of sp³-hybridized carbons (Fsp3) is 0.500. The van der Waals surface area contributed by atoms with Crippen LogP contribution >= 0.6 is 0 Å². The van der Waals surface area contributed by atoms with Crippen LogP contribution in [0.4, 0.5) is 0 Å². The average molecular weight is 285 g/mol. The highest BCUT2D eigenvalue weighted by molar-refractivity contribution is 5.14. The fourth-order valence-corrected chi connectivity index (χ4v) is 2.64. The Morgan fingerprint density at radius 3 is 2.71 bits per heavy atom. The third kappa shape index (κ3) is 5.35. The first kappa shape index (κ1) is 15.8. The highest BCUT2D eigenvalue weighted by Crippen LogP contribution is 2.10. The molecule has 1 aromatic heterocycles. The minimum Gasteiger partial charge on any atom is -0.338 e. The van der Waals surface area contributed by atoms with Gasteiger partial charge in [0.2, 0.25) is 0 Å². The lowest BCUT2D eigenvalue weighted by Gasteiger charge is -2.18. The van der Waals surface area contributed by atoms with Gasteiger partial charge in [0.05, 0.1) is 0 Å². The maximum atomic E-state index is 4.45. The molecule has 114 valence electrons. The van der Waals surface area contributed by atoms with E-state index in [4.69, 9.17) is 0 Å². The molecule has 2 rings (SSSR count). The summed E-state index contributed by atoms with van der Waals surface area (Å²) in [6.45, 7) is 3.30. The summed E-state index contributed by atoms with van der Waals surface area (Å²) in [6.07, 6.45) is 9.67. The molecule has 0 saturated carbocycles. The van der Waals surface area contributed by atoms with E-state index < -0.39 is 0 Å². The second kappa shape index (κ2) is 8.63. The molecule has 1 heterocycles. The summed E-state index contributed by atoms with van der Waals surface area (Å²) in [5.74, 6) is 1.17. The first-order valence-corrected chi connectivity index (χ1v) is 8.03. The van der Waals surface area contributed by atoms with Gasteiger partial charge in [-0.05, 0) is 37.8 Å². The van der Waals surface area contributed by atoms with Crippen molar-refractivity contribution in [3.8, 4) is 0 Å². The molecule has 21 heavy (non-hydrogen) atoms. The monoisotopic (exact) mass is 285 g/mol. The van der Waals surface area contributed by atoms with E-state index >= 15 is 0 Å². The summed E-state index contributed by atoms with van der Waals surface area (Å²) in [4.78, 5) is 4.45. The van der Waals surface area contributed by atoms with E-state index in [0.29, 0.717) is 6.04 Å². The largest absolute Gasteiger partial charge is 0.338 e. The van der Waals surface area contributed by atoms with Crippen molar-refractivity contribution in [2.45, 2.75) is 45.1 Å². The van der Waals surface area contributed by atoms with Crippen LogP contribution in [-0.2, 0) is 19.9 Å². The zero-order valence-corrected chi connectivity index (χ0v) is 13.3. The highest BCUT2D eigenvalue weighted by atomic mass is 15.0. The van der Waals surface area contributed by atoms with Crippen molar-refractivity contribution in [3.05, 3.63) is 54.1 Å². The minimum atomic E-state index is 0.523. The molecule has 0 radical (unpaired) electrons. The number of nitrogens with one attached hydrogen (secondary N) is 1. The minimum absolute atomic E-state index is 0.523. The molecule has 0 amide bonds. The molecule has 1 atom stereocenters. The maximum absolute atomic E-state index is 4.45. The van der Waals surface area contributed by atoms with Crippen LogP contribution in [0.25, 0.3) is 0 Å². The van der Waals surface area contributed by atoms with Crippen LogP contribution in [0.2, 0.25) is 0 Å². The third-order valence-electron chi connectivity index (χ3n) is 3.89. The van der Waals surface area contributed by atoms with Crippen LogP contribution in [0.1, 0.15) is 37.6 Å². The third-order valence-corrected chi connectivity index (χ3v) is 3.89. The molecule has 1 aromatic carbocycles. The first-order valence-electron chi connectivity index (χ1n) is 8.03. The number of rotatable bonds is 9. The van der Waals surface area contributed by atoms with Gasteiger partial charge in [-0.1, -0.05) is 37.3 Å². The van der Waals surface area contributed by atoms with E-state index in [2.05, 4.69) is 59.2 Å². The maximum Gasteiger partial charge on any atom is 0.109 e. The topological polar surface area (TPSA) is 29.9 Å². The van der Waals surface area contributed by atoms with Crippen LogP contribution in [0.15, 0.2) is 42.7 Å². The molecule has 0 aliphatic heterocycles. The summed E-state index contributed by atoms with van der Waals surface area (Å²) in [7, 11) is 2.07. The van der Waals surface area contributed by atoms with Crippen molar-refractivity contribution in [2.75, 3.05) is 6.54 Å². The Morgan fingerprint density at radius 1 is 1.24 bits per heavy atom. The van der Waals surface area contributed by atoms with Gasteiger partial charge in [0.15, 0.2) is 0 Å². The summed E-state index contributed by atoms with van der Waals surface area (Å²) >= 11 is 0. The summed E-state index contributed by atoms with van der Waals surface area (Å²) in [5.41, 5.74) is 1.43. The number of hydrogen-bond donors (Lipinski definition) is 1. The van der Waals surface area contributed by atoms with Crippen molar-refractivity contribution < 1.29 is 0 Å². The number of imidazole rings is 1. The number of nitrogens with zero attached hydrogens (tertiary/aromatic N) is 2. The van der Waals surface area contributed by atoms with Gasteiger partial charge >= 0.3 is 0 Å². The molecule has 0 saturated heterocycles. The number of aryl methyl sites for hydroxylation is 2. The van der Waals surface area contributed by atoms with Gasteiger partial charge in [0.25, 0.3) is 0 Å². The number of benzene rings is 1. The van der Waals surface area contributed by atoms with E-state index in [9.17, 15) is 0 Å². The highest BCUT2D eigenvalue weighted by Gasteiger charge is 2.11. The Balaban J connectivity index is 1.83. The van der Waals surface area contributed by atoms with Gasteiger partial charge in [0, 0.05) is 31.9 Å². The zero-order valence-electron chi connectivity index (χ0n) is 13.3. The van der Waals surface area contributed by atoms with Crippen molar-refractivity contribution >= 4 is 0 Å². The SMILES string of the molecule is CCCNC(CCCc1ccccc1)Cc1nccn1C. The Morgan fingerprint density at radius 2 is 2.05 bits per heavy atom. The first-order chi connectivity index (χ1) is 10.3. The Bertz CT molecular complexity index is 504. The van der Waals surface area contributed by atoms with Gasteiger partial charge in [-0.2, -0.15) is 0 Å². The van der Waals surface area contributed by atoms with Crippen molar-refractivity contribution in [2.24, 2.45) is 7.05 Å². The van der Waals surface area contributed by atoms with E-state index in [1.165, 1.54) is 30.7 Å². The molecule has 3 nitrogen and oxygen atoms in total. The molecule has 0 spiro atoms. The lowest BCUT2D eigenvalue weighted by atomic mass is 10.0. The smallest absolute Gasteiger partial charge is 0.109 e. The van der Waals surface area contributed by atoms with Gasteiger partial charge < -0.3 is 9.88 Å². The van der Waals surface area contributed by atoms with Gasteiger partial charge in [0.1, 0.15) is 5.82 Å². The van der Waals surface area contributed by atoms with Crippen LogP contribution in [-0.4, -0.2) is 22.1 Å². The molecule has 2 aromatic rings. The lowest BCUT2D eigenvalue weighted by Crippen LogP contribution is -2.32. The number of aromatic nitrogens is 2. The van der Waals surface area contributed by atoms with Crippen molar-refractivity contribution in [3.63, 3.8) is 0 Å².